The van der Waals surface area contributed by atoms with Gasteiger partial charge in [-0.1, -0.05) is 27.2 Å². The zero-order valence-corrected chi connectivity index (χ0v) is 12.1. The molecule has 0 aromatic rings. The third-order valence-corrected chi connectivity index (χ3v) is 5.07. The Balaban J connectivity index is 1.90. The smallest absolute Gasteiger partial charge is 0.240 e. The number of hydrogen-bond acceptors (Lipinski definition) is 2. The Kier molecular flexibility index (Phi) is 4.00. The maximum atomic E-state index is 12.5. The summed E-state index contributed by atoms with van der Waals surface area (Å²) in [6, 6.07) is 0. The summed E-state index contributed by atoms with van der Waals surface area (Å²) in [6.07, 6.45) is 6.71. The van der Waals surface area contributed by atoms with E-state index in [2.05, 4.69) is 31.4 Å². The van der Waals surface area contributed by atoms with Crippen molar-refractivity contribution >= 4 is 5.91 Å². The molecule has 1 heterocycles. The molecule has 1 saturated heterocycles. The molecule has 1 saturated carbocycles. The summed E-state index contributed by atoms with van der Waals surface area (Å²) in [5.41, 5.74) is 0.142. The van der Waals surface area contributed by atoms with Crippen LogP contribution in [0.1, 0.15) is 59.3 Å². The molecule has 2 fully saturated rings. The van der Waals surface area contributed by atoms with E-state index in [0.717, 1.165) is 38.8 Å². The van der Waals surface area contributed by atoms with Crippen LogP contribution < -0.4 is 10.6 Å². The van der Waals surface area contributed by atoms with E-state index < -0.39 is 0 Å². The highest BCUT2D eigenvalue weighted by Crippen LogP contribution is 2.51. The lowest BCUT2D eigenvalue weighted by atomic mass is 9.89. The number of rotatable bonds is 6. The molecule has 0 aromatic carbocycles. The van der Waals surface area contributed by atoms with Crippen LogP contribution >= 0.6 is 0 Å². The van der Waals surface area contributed by atoms with E-state index in [9.17, 15) is 4.79 Å². The first kappa shape index (κ1) is 13.9. The summed E-state index contributed by atoms with van der Waals surface area (Å²) in [7, 11) is 0. The number of hydrogen-bond donors (Lipinski definition) is 2. The van der Waals surface area contributed by atoms with E-state index >= 15 is 0 Å². The molecule has 2 N–H and O–H groups in total. The van der Waals surface area contributed by atoms with Crippen LogP contribution in [0.25, 0.3) is 0 Å². The second-order valence-electron chi connectivity index (χ2n) is 6.56. The van der Waals surface area contributed by atoms with Gasteiger partial charge in [-0.3, -0.25) is 4.79 Å². The van der Waals surface area contributed by atoms with Gasteiger partial charge in [0, 0.05) is 6.54 Å². The average Bonchev–Trinajstić information content (AvgIpc) is 3.00. The second kappa shape index (κ2) is 5.20. The van der Waals surface area contributed by atoms with Gasteiger partial charge in [0.1, 0.15) is 0 Å². The molecule has 1 unspecified atom stereocenters. The summed E-state index contributed by atoms with van der Waals surface area (Å²) >= 11 is 0. The monoisotopic (exact) mass is 252 g/mol. The quantitative estimate of drug-likeness (QED) is 0.762. The first-order chi connectivity index (χ1) is 8.55. The first-order valence-electron chi connectivity index (χ1n) is 7.58. The van der Waals surface area contributed by atoms with Gasteiger partial charge >= 0.3 is 0 Å². The Morgan fingerprint density at radius 1 is 1.33 bits per heavy atom. The van der Waals surface area contributed by atoms with Crippen molar-refractivity contribution in [3.05, 3.63) is 0 Å². The van der Waals surface area contributed by atoms with Crippen LogP contribution in [0.15, 0.2) is 0 Å². The lowest BCUT2D eigenvalue weighted by molar-refractivity contribution is -0.127. The average molecular weight is 252 g/mol. The van der Waals surface area contributed by atoms with Gasteiger partial charge in [-0.2, -0.15) is 0 Å². The molecule has 1 aliphatic carbocycles. The minimum Gasteiger partial charge on any atom is -0.354 e. The molecule has 1 amide bonds. The highest BCUT2D eigenvalue weighted by atomic mass is 16.2. The Bertz CT molecular complexity index is 302. The van der Waals surface area contributed by atoms with Gasteiger partial charge in [0.25, 0.3) is 0 Å². The molecule has 2 aliphatic rings. The fourth-order valence-corrected chi connectivity index (χ4v) is 3.30. The lowest BCUT2D eigenvalue weighted by Gasteiger charge is -2.29. The normalized spacial score (nSPS) is 29.6. The zero-order valence-electron chi connectivity index (χ0n) is 12.1. The predicted octanol–water partition coefficient (Wildman–Crippen LogP) is 2.46. The van der Waals surface area contributed by atoms with Crippen LogP contribution in [0.4, 0.5) is 0 Å². The van der Waals surface area contributed by atoms with Gasteiger partial charge in [-0.25, -0.2) is 0 Å². The number of amides is 1. The molecule has 1 aliphatic heterocycles. The zero-order chi connectivity index (χ0) is 13.2. The second-order valence-corrected chi connectivity index (χ2v) is 6.56. The van der Waals surface area contributed by atoms with Crippen molar-refractivity contribution in [1.29, 1.82) is 0 Å². The number of carbonyl (C=O) groups excluding carboxylic acids is 1. The van der Waals surface area contributed by atoms with Crippen LogP contribution in [-0.2, 0) is 4.79 Å². The van der Waals surface area contributed by atoms with Gasteiger partial charge in [0.2, 0.25) is 5.91 Å². The third kappa shape index (κ3) is 2.56. The summed E-state index contributed by atoms with van der Waals surface area (Å²) in [4.78, 5) is 12.5. The largest absolute Gasteiger partial charge is 0.354 e. The van der Waals surface area contributed by atoms with E-state index in [1.807, 2.05) is 0 Å². The number of carbonyl (C=O) groups is 1. The maximum Gasteiger partial charge on any atom is 0.240 e. The van der Waals surface area contributed by atoms with Crippen LogP contribution in [0.5, 0.6) is 0 Å². The van der Waals surface area contributed by atoms with Gasteiger partial charge in [0.05, 0.1) is 5.54 Å². The van der Waals surface area contributed by atoms with Gasteiger partial charge in [-0.05, 0) is 50.0 Å². The van der Waals surface area contributed by atoms with E-state index in [1.54, 1.807) is 0 Å². The topological polar surface area (TPSA) is 41.1 Å². The Labute approximate surface area is 111 Å². The molecule has 18 heavy (non-hydrogen) atoms. The van der Waals surface area contributed by atoms with Crippen molar-refractivity contribution in [1.82, 2.24) is 10.6 Å². The van der Waals surface area contributed by atoms with Crippen molar-refractivity contribution in [3.63, 3.8) is 0 Å². The molecule has 0 spiro atoms. The molecule has 2 rings (SSSR count). The van der Waals surface area contributed by atoms with E-state index in [4.69, 9.17) is 0 Å². The SMILES string of the molecule is CCCC1(C(=O)NCC2(C(C)C)CC2)CCCN1. The van der Waals surface area contributed by atoms with Crippen molar-refractivity contribution in [2.24, 2.45) is 11.3 Å². The molecule has 3 nitrogen and oxygen atoms in total. The van der Waals surface area contributed by atoms with Crippen LogP contribution in [0, 0.1) is 11.3 Å². The summed E-state index contributed by atoms with van der Waals surface area (Å²) in [6.45, 7) is 8.56. The van der Waals surface area contributed by atoms with E-state index in [0.29, 0.717) is 11.3 Å². The molecule has 3 heteroatoms. The Morgan fingerprint density at radius 2 is 2.06 bits per heavy atom. The highest BCUT2D eigenvalue weighted by Gasteiger charge is 2.47. The summed E-state index contributed by atoms with van der Waals surface area (Å²) < 4.78 is 0. The lowest BCUT2D eigenvalue weighted by Crippen LogP contribution is -2.54. The van der Waals surface area contributed by atoms with Gasteiger partial charge in [0.15, 0.2) is 0 Å². The van der Waals surface area contributed by atoms with Crippen molar-refractivity contribution in [2.45, 2.75) is 64.8 Å². The minimum absolute atomic E-state index is 0.244. The molecule has 0 bridgehead atoms. The fourth-order valence-electron chi connectivity index (χ4n) is 3.30. The summed E-state index contributed by atoms with van der Waals surface area (Å²) in [5.74, 6) is 0.922. The Morgan fingerprint density at radius 3 is 2.50 bits per heavy atom. The van der Waals surface area contributed by atoms with Crippen LogP contribution in [0.3, 0.4) is 0 Å². The molecule has 0 aromatic heterocycles. The van der Waals surface area contributed by atoms with Gasteiger partial charge < -0.3 is 10.6 Å². The number of nitrogens with one attached hydrogen (secondary N) is 2. The third-order valence-electron chi connectivity index (χ3n) is 5.07. The van der Waals surface area contributed by atoms with Crippen molar-refractivity contribution in [3.8, 4) is 0 Å². The van der Waals surface area contributed by atoms with E-state index in [1.165, 1.54) is 12.8 Å². The molecular weight excluding hydrogens is 224 g/mol. The molecule has 1 atom stereocenters. The highest BCUT2D eigenvalue weighted by molar-refractivity contribution is 5.86. The summed E-state index contributed by atoms with van der Waals surface area (Å²) in [5, 5.41) is 6.68. The van der Waals surface area contributed by atoms with Crippen molar-refractivity contribution in [2.75, 3.05) is 13.1 Å². The molecule has 104 valence electrons. The van der Waals surface area contributed by atoms with Crippen LogP contribution in [-0.4, -0.2) is 24.5 Å². The fraction of sp³-hybridized carbons (Fsp3) is 0.933. The first-order valence-corrected chi connectivity index (χ1v) is 7.58. The molecule has 0 radical (unpaired) electrons. The van der Waals surface area contributed by atoms with Gasteiger partial charge in [-0.15, -0.1) is 0 Å². The predicted molar refractivity (Wildman–Crippen MR) is 74.4 cm³/mol. The van der Waals surface area contributed by atoms with Crippen molar-refractivity contribution < 1.29 is 4.79 Å². The Hall–Kier alpha value is -0.570. The molecular formula is C15H28N2O. The van der Waals surface area contributed by atoms with Crippen LogP contribution in [0.2, 0.25) is 0 Å². The standard InChI is InChI=1S/C15H28N2O/c1-4-6-15(7-5-10-17-15)13(18)16-11-14(8-9-14)12(2)3/h12,17H,4-11H2,1-3H3,(H,16,18). The minimum atomic E-state index is -0.262. The van der Waals surface area contributed by atoms with E-state index in [-0.39, 0.29) is 11.4 Å². The maximum absolute atomic E-state index is 12.5.